The summed E-state index contributed by atoms with van der Waals surface area (Å²) in [4.78, 5) is 28.7. The van der Waals surface area contributed by atoms with Crippen LogP contribution in [0.1, 0.15) is 26.7 Å². The third kappa shape index (κ3) is 5.72. The lowest BCUT2D eigenvalue weighted by Gasteiger charge is -2.38. The molecular formula is C20H27N5O3S. The van der Waals surface area contributed by atoms with Crippen molar-refractivity contribution in [3.63, 3.8) is 0 Å². The van der Waals surface area contributed by atoms with Crippen LogP contribution in [0, 0.1) is 12.3 Å². The summed E-state index contributed by atoms with van der Waals surface area (Å²) < 4.78 is 5.24. The molecule has 8 nitrogen and oxygen atoms in total. The summed E-state index contributed by atoms with van der Waals surface area (Å²) in [6, 6.07) is 7.76. The Bertz CT molecular complexity index is 852. The molecule has 0 unspecified atom stereocenters. The molecule has 1 aliphatic rings. The lowest BCUT2D eigenvalue weighted by molar-refractivity contribution is -0.139. The highest BCUT2D eigenvalue weighted by Gasteiger charge is 2.29. The topological polar surface area (TPSA) is 91.6 Å². The highest BCUT2D eigenvalue weighted by molar-refractivity contribution is 7.99. The van der Waals surface area contributed by atoms with Gasteiger partial charge < -0.3 is 19.5 Å². The van der Waals surface area contributed by atoms with Crippen molar-refractivity contribution in [2.75, 3.05) is 42.1 Å². The lowest BCUT2D eigenvalue weighted by atomic mass is 9.94. The lowest BCUT2D eigenvalue weighted by Crippen LogP contribution is -2.51. The highest BCUT2D eigenvalue weighted by Crippen LogP contribution is 2.23. The number of aryl methyl sites for hydroxylation is 1. The van der Waals surface area contributed by atoms with E-state index in [-0.39, 0.29) is 23.0 Å². The Morgan fingerprint density at radius 3 is 2.31 bits per heavy atom. The van der Waals surface area contributed by atoms with Gasteiger partial charge in [-0.2, -0.15) is 0 Å². The fourth-order valence-corrected chi connectivity index (χ4v) is 3.66. The minimum absolute atomic E-state index is 0.132. The van der Waals surface area contributed by atoms with E-state index < -0.39 is 0 Å². The summed E-state index contributed by atoms with van der Waals surface area (Å²) in [5.41, 5.74) is 1.48. The van der Waals surface area contributed by atoms with E-state index in [0.29, 0.717) is 11.1 Å². The predicted molar refractivity (Wildman–Crippen MR) is 113 cm³/mol. The van der Waals surface area contributed by atoms with Crippen LogP contribution < -0.4 is 10.2 Å². The van der Waals surface area contributed by atoms with E-state index >= 15 is 0 Å². The van der Waals surface area contributed by atoms with Gasteiger partial charge in [-0.15, -0.1) is 10.2 Å². The van der Waals surface area contributed by atoms with E-state index in [1.165, 1.54) is 11.8 Å². The molecule has 3 rings (SSSR count). The van der Waals surface area contributed by atoms with E-state index in [1.807, 2.05) is 49.9 Å². The second kappa shape index (κ2) is 8.86. The zero-order valence-electron chi connectivity index (χ0n) is 17.3. The maximum absolute atomic E-state index is 12.4. The minimum Gasteiger partial charge on any atom is -0.416 e. The van der Waals surface area contributed by atoms with Crippen molar-refractivity contribution in [3.8, 4) is 0 Å². The zero-order valence-corrected chi connectivity index (χ0v) is 18.1. The Morgan fingerprint density at radius 1 is 1.10 bits per heavy atom. The van der Waals surface area contributed by atoms with Crippen molar-refractivity contribution in [3.05, 3.63) is 30.2 Å². The average molecular weight is 418 g/mol. The molecule has 156 valence electrons. The van der Waals surface area contributed by atoms with E-state index in [9.17, 15) is 9.59 Å². The molecule has 1 aromatic heterocycles. The van der Waals surface area contributed by atoms with Crippen molar-refractivity contribution in [1.82, 2.24) is 15.1 Å². The molecule has 1 aromatic carbocycles. The molecule has 1 N–H and O–H groups in total. The molecule has 2 aromatic rings. The first kappa shape index (κ1) is 21.2. The SMILES string of the molecule is Cc1nnc(SCC(=O)Nc2ccc(N3CCN(C(=O)C(C)(C)C)CC3)cc2)o1. The van der Waals surface area contributed by atoms with Gasteiger partial charge in [0.05, 0.1) is 5.75 Å². The number of carbonyl (C=O) groups is 2. The second-order valence-corrected chi connectivity index (χ2v) is 8.93. The van der Waals surface area contributed by atoms with Gasteiger partial charge in [-0.25, -0.2) is 0 Å². The molecule has 0 radical (unpaired) electrons. The van der Waals surface area contributed by atoms with Crippen LogP contribution in [0.4, 0.5) is 11.4 Å². The molecule has 1 aliphatic heterocycles. The molecular weight excluding hydrogens is 390 g/mol. The molecule has 1 fully saturated rings. The number of rotatable bonds is 5. The normalized spacial score (nSPS) is 14.8. The van der Waals surface area contributed by atoms with Crippen LogP contribution in [0.25, 0.3) is 0 Å². The summed E-state index contributed by atoms with van der Waals surface area (Å²) in [5.74, 6) is 0.747. The fraction of sp³-hybridized carbons (Fsp3) is 0.500. The smallest absolute Gasteiger partial charge is 0.277 e. The van der Waals surface area contributed by atoms with Gasteiger partial charge in [-0.3, -0.25) is 9.59 Å². The number of aromatic nitrogens is 2. The first-order valence-electron chi connectivity index (χ1n) is 9.59. The zero-order chi connectivity index (χ0) is 21.0. The van der Waals surface area contributed by atoms with E-state index in [4.69, 9.17) is 4.42 Å². The van der Waals surface area contributed by atoms with E-state index in [0.717, 1.165) is 37.6 Å². The summed E-state index contributed by atoms with van der Waals surface area (Å²) in [6.07, 6.45) is 0. The number of anilines is 2. The highest BCUT2D eigenvalue weighted by atomic mass is 32.2. The molecule has 9 heteroatoms. The Kier molecular flexibility index (Phi) is 6.46. The van der Waals surface area contributed by atoms with Crippen LogP contribution in [0.15, 0.2) is 33.9 Å². The van der Waals surface area contributed by atoms with Crippen LogP contribution in [0.3, 0.4) is 0 Å². The number of nitrogens with one attached hydrogen (secondary N) is 1. The first-order chi connectivity index (χ1) is 13.7. The largest absolute Gasteiger partial charge is 0.416 e. The van der Waals surface area contributed by atoms with Gasteiger partial charge >= 0.3 is 0 Å². The maximum Gasteiger partial charge on any atom is 0.277 e. The monoisotopic (exact) mass is 417 g/mol. The van der Waals surface area contributed by atoms with Gasteiger partial charge in [0.15, 0.2) is 0 Å². The van der Waals surface area contributed by atoms with Gasteiger partial charge in [-0.05, 0) is 24.3 Å². The molecule has 29 heavy (non-hydrogen) atoms. The quantitative estimate of drug-likeness (QED) is 0.748. The first-order valence-corrected chi connectivity index (χ1v) is 10.6. The summed E-state index contributed by atoms with van der Waals surface area (Å²) >= 11 is 1.21. The number of piperazine rings is 1. The van der Waals surface area contributed by atoms with Gasteiger partial charge in [0.1, 0.15) is 0 Å². The number of hydrogen-bond acceptors (Lipinski definition) is 7. The molecule has 0 aliphatic carbocycles. The Morgan fingerprint density at radius 2 is 1.76 bits per heavy atom. The summed E-state index contributed by atoms with van der Waals surface area (Å²) in [7, 11) is 0. The van der Waals surface area contributed by atoms with Crippen LogP contribution in [0.5, 0.6) is 0 Å². The van der Waals surface area contributed by atoms with Gasteiger partial charge in [0.25, 0.3) is 5.22 Å². The van der Waals surface area contributed by atoms with Crippen molar-refractivity contribution < 1.29 is 14.0 Å². The Hall–Kier alpha value is -2.55. The van der Waals surface area contributed by atoms with E-state index in [1.54, 1.807) is 6.92 Å². The summed E-state index contributed by atoms with van der Waals surface area (Å²) in [6.45, 7) is 10.6. The van der Waals surface area contributed by atoms with Crippen molar-refractivity contribution >= 4 is 35.0 Å². The molecule has 2 amide bonds. The number of hydrogen-bond donors (Lipinski definition) is 1. The predicted octanol–water partition coefficient (Wildman–Crippen LogP) is 2.80. The summed E-state index contributed by atoms with van der Waals surface area (Å²) in [5, 5.41) is 10.8. The van der Waals surface area contributed by atoms with Crippen LogP contribution in [-0.2, 0) is 9.59 Å². The maximum atomic E-state index is 12.4. The Labute approximate surface area is 175 Å². The van der Waals surface area contributed by atoms with Crippen LogP contribution in [-0.4, -0.2) is 58.8 Å². The number of amides is 2. The van der Waals surface area contributed by atoms with Crippen LogP contribution >= 0.6 is 11.8 Å². The number of benzene rings is 1. The average Bonchev–Trinajstić information content (AvgIpc) is 3.11. The van der Waals surface area contributed by atoms with Crippen LogP contribution in [0.2, 0.25) is 0 Å². The van der Waals surface area contributed by atoms with Gasteiger partial charge in [0.2, 0.25) is 17.7 Å². The van der Waals surface area contributed by atoms with E-state index in [2.05, 4.69) is 20.4 Å². The molecule has 2 heterocycles. The molecule has 0 bridgehead atoms. The number of carbonyl (C=O) groups excluding carboxylic acids is 2. The third-order valence-corrected chi connectivity index (χ3v) is 5.38. The number of nitrogens with zero attached hydrogens (tertiary/aromatic N) is 4. The van der Waals surface area contributed by atoms with Crippen molar-refractivity contribution in [2.24, 2.45) is 5.41 Å². The standard InChI is InChI=1S/C20H27N5O3S/c1-14-22-23-19(28-14)29-13-17(26)21-15-5-7-16(8-6-15)24-9-11-25(12-10-24)18(27)20(2,3)4/h5-8H,9-13H2,1-4H3,(H,21,26). The third-order valence-electron chi connectivity index (χ3n) is 4.56. The van der Waals surface area contributed by atoms with Gasteiger partial charge in [-0.1, -0.05) is 32.5 Å². The molecule has 1 saturated heterocycles. The van der Waals surface area contributed by atoms with Crippen molar-refractivity contribution in [2.45, 2.75) is 32.9 Å². The molecule has 0 spiro atoms. The minimum atomic E-state index is -0.345. The molecule has 0 atom stereocenters. The van der Waals surface area contributed by atoms with Gasteiger partial charge in [0, 0.05) is 49.9 Å². The number of thioether (sulfide) groups is 1. The Balaban J connectivity index is 1.47. The van der Waals surface area contributed by atoms with Crippen molar-refractivity contribution in [1.29, 1.82) is 0 Å². The second-order valence-electron chi connectivity index (χ2n) is 8.00. The fourth-order valence-electron chi connectivity index (χ4n) is 3.06. The molecule has 0 saturated carbocycles.